The van der Waals surface area contributed by atoms with E-state index < -0.39 is 0 Å². The van der Waals surface area contributed by atoms with Gasteiger partial charge in [-0.3, -0.25) is 4.79 Å². The predicted molar refractivity (Wildman–Crippen MR) is 90.1 cm³/mol. The second kappa shape index (κ2) is 16.2. The second-order valence-electron chi connectivity index (χ2n) is 4.96. The summed E-state index contributed by atoms with van der Waals surface area (Å²) in [6, 6.07) is 0. The molecule has 2 heteroatoms. The maximum Gasteiger partial charge on any atom is 0.221 e. The third kappa shape index (κ3) is 17.2. The van der Waals surface area contributed by atoms with Gasteiger partial charge in [0, 0.05) is 6.42 Å². The predicted octanol–water partition coefficient (Wildman–Crippen LogP) is 6.34. The van der Waals surface area contributed by atoms with Gasteiger partial charge in [-0.1, -0.05) is 62.6 Å². The van der Waals surface area contributed by atoms with Crippen LogP contribution in [0.4, 0.5) is 0 Å². The van der Waals surface area contributed by atoms with Crippen molar-refractivity contribution in [3.63, 3.8) is 0 Å². The van der Waals surface area contributed by atoms with Crippen LogP contribution in [0, 0.1) is 0 Å². The van der Waals surface area contributed by atoms with Crippen LogP contribution in [0.5, 0.6) is 0 Å². The van der Waals surface area contributed by atoms with Crippen LogP contribution in [0.1, 0.15) is 71.1 Å². The van der Waals surface area contributed by atoms with Gasteiger partial charge in [0.2, 0.25) is 5.24 Å². The van der Waals surface area contributed by atoms with Crippen molar-refractivity contribution >= 4 is 16.8 Å². The van der Waals surface area contributed by atoms with Crippen molar-refractivity contribution in [1.29, 1.82) is 0 Å². The summed E-state index contributed by atoms with van der Waals surface area (Å²) in [7, 11) is 0. The van der Waals surface area contributed by atoms with Gasteiger partial charge < -0.3 is 0 Å². The van der Waals surface area contributed by atoms with Gasteiger partial charge >= 0.3 is 0 Å². The Bertz CT molecular complexity index is 303. The number of allylic oxidation sites excluding steroid dienone is 6. The Labute approximate surface area is 129 Å². The van der Waals surface area contributed by atoms with E-state index in [1.165, 1.54) is 19.3 Å². The monoisotopic (exact) mass is 296 g/mol. The van der Waals surface area contributed by atoms with E-state index >= 15 is 0 Å². The Balaban J connectivity index is 3.23. The van der Waals surface area contributed by atoms with Gasteiger partial charge in [0.25, 0.3) is 0 Å². The molecule has 0 aromatic carbocycles. The van der Waals surface area contributed by atoms with E-state index in [1.54, 1.807) is 0 Å². The molecule has 0 aromatic heterocycles. The van der Waals surface area contributed by atoms with E-state index in [9.17, 15) is 4.79 Å². The van der Waals surface area contributed by atoms with Crippen LogP contribution in [-0.4, -0.2) is 5.24 Å². The molecule has 0 radical (unpaired) electrons. The lowest BCUT2D eigenvalue weighted by Crippen LogP contribution is -1.86. The Morgan fingerprint density at radius 2 is 1.35 bits per heavy atom. The number of rotatable bonds is 13. The number of hydrogen-bond acceptors (Lipinski definition) is 1. The first-order valence-corrected chi connectivity index (χ1v) is 8.28. The van der Waals surface area contributed by atoms with Crippen molar-refractivity contribution in [1.82, 2.24) is 0 Å². The summed E-state index contributed by atoms with van der Waals surface area (Å²) in [5.41, 5.74) is 0. The van der Waals surface area contributed by atoms with Gasteiger partial charge in [0.15, 0.2) is 0 Å². The first-order chi connectivity index (χ1) is 9.77. The van der Waals surface area contributed by atoms with Crippen LogP contribution >= 0.6 is 11.6 Å². The zero-order chi connectivity index (χ0) is 14.9. The van der Waals surface area contributed by atoms with Crippen LogP contribution in [0.25, 0.3) is 0 Å². The SMILES string of the molecule is CC/C=C/C/C=C\C/C=C/CCCCCCCC(=O)Cl. The molecular weight excluding hydrogens is 268 g/mol. The highest BCUT2D eigenvalue weighted by Gasteiger charge is 1.95. The van der Waals surface area contributed by atoms with Crippen molar-refractivity contribution in [3.05, 3.63) is 36.5 Å². The highest BCUT2D eigenvalue weighted by molar-refractivity contribution is 6.63. The van der Waals surface area contributed by atoms with E-state index in [1.807, 2.05) is 0 Å². The topological polar surface area (TPSA) is 17.1 Å². The molecule has 0 saturated carbocycles. The van der Waals surface area contributed by atoms with Crippen molar-refractivity contribution < 1.29 is 4.79 Å². The summed E-state index contributed by atoms with van der Waals surface area (Å²) in [5, 5.41) is -0.203. The fraction of sp³-hybridized carbons (Fsp3) is 0.611. The molecule has 1 nitrogen and oxygen atoms in total. The summed E-state index contributed by atoms with van der Waals surface area (Å²) in [6.45, 7) is 2.15. The first kappa shape index (κ1) is 19.2. The molecule has 20 heavy (non-hydrogen) atoms. The van der Waals surface area contributed by atoms with E-state index in [4.69, 9.17) is 11.6 Å². The molecule has 0 aromatic rings. The summed E-state index contributed by atoms with van der Waals surface area (Å²) in [6.07, 6.45) is 24.0. The normalized spacial score (nSPS) is 12.1. The Hall–Kier alpha value is -0.820. The lowest BCUT2D eigenvalue weighted by molar-refractivity contribution is -0.111. The quantitative estimate of drug-likeness (QED) is 0.220. The summed E-state index contributed by atoms with van der Waals surface area (Å²) >= 11 is 5.28. The average Bonchev–Trinajstić information content (AvgIpc) is 2.43. The van der Waals surface area contributed by atoms with Crippen molar-refractivity contribution in [2.75, 3.05) is 0 Å². The molecule has 0 heterocycles. The third-order valence-electron chi connectivity index (χ3n) is 3.02. The van der Waals surface area contributed by atoms with E-state index in [2.05, 4.69) is 43.4 Å². The zero-order valence-electron chi connectivity index (χ0n) is 12.8. The van der Waals surface area contributed by atoms with Crippen molar-refractivity contribution in [2.45, 2.75) is 71.1 Å². The molecule has 114 valence electrons. The lowest BCUT2D eigenvalue weighted by Gasteiger charge is -1.97. The average molecular weight is 297 g/mol. The number of halogens is 1. The largest absolute Gasteiger partial charge is 0.281 e. The molecule has 0 bridgehead atoms. The van der Waals surface area contributed by atoms with Gasteiger partial charge in [-0.15, -0.1) is 0 Å². The van der Waals surface area contributed by atoms with E-state index in [-0.39, 0.29) is 5.24 Å². The lowest BCUT2D eigenvalue weighted by atomic mass is 10.1. The molecule has 0 N–H and O–H groups in total. The first-order valence-electron chi connectivity index (χ1n) is 7.90. The molecule has 0 amide bonds. The zero-order valence-corrected chi connectivity index (χ0v) is 13.6. The molecule has 0 fully saturated rings. The van der Waals surface area contributed by atoms with Gasteiger partial charge in [0.05, 0.1) is 0 Å². The molecule has 0 atom stereocenters. The number of carbonyl (C=O) groups is 1. The van der Waals surface area contributed by atoms with E-state index in [0.717, 1.165) is 38.5 Å². The van der Waals surface area contributed by atoms with Crippen molar-refractivity contribution in [3.8, 4) is 0 Å². The molecule has 0 unspecified atom stereocenters. The standard InChI is InChI=1S/C18H29ClO/c1-2-3-4-5-6-7-8-9-10-11-12-13-14-15-16-17-18(19)20/h3-4,6-7,9-10H,2,5,8,11-17H2,1H3/b4-3+,7-6-,10-9+. The molecule has 0 saturated heterocycles. The van der Waals surface area contributed by atoms with E-state index in [0.29, 0.717) is 6.42 Å². The van der Waals surface area contributed by atoms with Crippen LogP contribution in [0.15, 0.2) is 36.5 Å². The Morgan fingerprint density at radius 1 is 0.800 bits per heavy atom. The molecule has 0 spiro atoms. The maximum absolute atomic E-state index is 10.5. The Morgan fingerprint density at radius 3 is 2.00 bits per heavy atom. The third-order valence-corrected chi connectivity index (χ3v) is 3.21. The molecule has 0 aliphatic heterocycles. The van der Waals surface area contributed by atoms with Crippen LogP contribution in [0.3, 0.4) is 0 Å². The minimum Gasteiger partial charge on any atom is -0.281 e. The highest BCUT2D eigenvalue weighted by atomic mass is 35.5. The number of unbranched alkanes of at least 4 members (excludes halogenated alkanes) is 5. The Kier molecular flexibility index (Phi) is 15.6. The summed E-state index contributed by atoms with van der Waals surface area (Å²) < 4.78 is 0. The van der Waals surface area contributed by atoms with Crippen LogP contribution in [-0.2, 0) is 4.79 Å². The molecule has 0 aliphatic carbocycles. The second-order valence-corrected chi connectivity index (χ2v) is 5.38. The van der Waals surface area contributed by atoms with Crippen LogP contribution < -0.4 is 0 Å². The molecule has 0 rings (SSSR count). The molecule has 0 aliphatic rings. The van der Waals surface area contributed by atoms with Gasteiger partial charge in [-0.25, -0.2) is 0 Å². The summed E-state index contributed by atoms with van der Waals surface area (Å²) in [4.78, 5) is 10.5. The van der Waals surface area contributed by atoms with Crippen LogP contribution in [0.2, 0.25) is 0 Å². The highest BCUT2D eigenvalue weighted by Crippen LogP contribution is 2.08. The maximum atomic E-state index is 10.5. The minimum atomic E-state index is -0.203. The fourth-order valence-corrected chi connectivity index (χ4v) is 2.02. The summed E-state index contributed by atoms with van der Waals surface area (Å²) in [5.74, 6) is 0. The van der Waals surface area contributed by atoms with Gasteiger partial charge in [-0.05, 0) is 50.1 Å². The molecular formula is C18H29ClO. The van der Waals surface area contributed by atoms with Gasteiger partial charge in [-0.2, -0.15) is 0 Å². The van der Waals surface area contributed by atoms with Crippen molar-refractivity contribution in [2.24, 2.45) is 0 Å². The minimum absolute atomic E-state index is 0.203. The number of carbonyl (C=O) groups excluding carboxylic acids is 1. The number of hydrogen-bond donors (Lipinski definition) is 0. The smallest absolute Gasteiger partial charge is 0.221 e. The van der Waals surface area contributed by atoms with Gasteiger partial charge in [0.1, 0.15) is 0 Å². The fourth-order valence-electron chi connectivity index (χ4n) is 1.88.